The number of piperidine rings is 1. The second kappa shape index (κ2) is 7.17. The van der Waals surface area contributed by atoms with Crippen LogP contribution in [0.5, 0.6) is 0 Å². The standard InChI is InChI=1S/C20H35NO3/c1-14(2)18(22)23-17-12-19(4,5)21(20(6,7)13-17)24-16-10-8-15(3)9-11-16/h15-17H,1,8-13H2,2-7H3. The Morgan fingerprint density at radius 2 is 1.50 bits per heavy atom. The lowest BCUT2D eigenvalue weighted by molar-refractivity contribution is -0.318. The average molecular weight is 338 g/mol. The second-order valence-electron chi connectivity index (χ2n) is 9.12. The molecule has 2 rings (SSSR count). The summed E-state index contributed by atoms with van der Waals surface area (Å²) in [7, 11) is 0. The molecule has 1 aliphatic heterocycles. The molecule has 0 aromatic carbocycles. The lowest BCUT2D eigenvalue weighted by Gasteiger charge is -2.54. The number of rotatable bonds is 4. The molecule has 24 heavy (non-hydrogen) atoms. The molecule has 4 heteroatoms. The smallest absolute Gasteiger partial charge is 0.333 e. The first-order valence-corrected chi connectivity index (χ1v) is 9.35. The van der Waals surface area contributed by atoms with Crippen molar-refractivity contribution in [2.45, 2.75) is 103 Å². The van der Waals surface area contributed by atoms with Crippen molar-refractivity contribution in [3.8, 4) is 0 Å². The molecule has 2 fully saturated rings. The van der Waals surface area contributed by atoms with Crippen molar-refractivity contribution >= 4 is 5.97 Å². The van der Waals surface area contributed by atoms with Gasteiger partial charge in [0.05, 0.1) is 6.10 Å². The molecule has 0 spiro atoms. The molecule has 0 unspecified atom stereocenters. The molecule has 0 aromatic heterocycles. The van der Waals surface area contributed by atoms with Gasteiger partial charge in [0.15, 0.2) is 0 Å². The largest absolute Gasteiger partial charge is 0.459 e. The summed E-state index contributed by atoms with van der Waals surface area (Å²) < 4.78 is 5.66. The van der Waals surface area contributed by atoms with Crippen molar-refractivity contribution in [1.29, 1.82) is 0 Å². The lowest BCUT2D eigenvalue weighted by atomic mass is 9.80. The number of hydrogen-bond acceptors (Lipinski definition) is 4. The minimum Gasteiger partial charge on any atom is -0.459 e. The maximum absolute atomic E-state index is 11.9. The van der Waals surface area contributed by atoms with Gasteiger partial charge < -0.3 is 4.74 Å². The van der Waals surface area contributed by atoms with Crippen LogP contribution in [0.25, 0.3) is 0 Å². The zero-order chi connectivity index (χ0) is 18.1. The van der Waals surface area contributed by atoms with Crippen LogP contribution in [0.15, 0.2) is 12.2 Å². The predicted octanol–water partition coefficient (Wildman–Crippen LogP) is 4.64. The number of hydrogen-bond donors (Lipinski definition) is 0. The summed E-state index contributed by atoms with van der Waals surface area (Å²) in [6.07, 6.45) is 6.54. The fourth-order valence-electron chi connectivity index (χ4n) is 4.28. The number of hydroxylamine groups is 2. The Balaban J connectivity index is 2.05. The van der Waals surface area contributed by atoms with E-state index in [-0.39, 0.29) is 23.2 Å². The van der Waals surface area contributed by atoms with Gasteiger partial charge in [-0.1, -0.05) is 13.5 Å². The fraction of sp³-hybridized carbons (Fsp3) is 0.850. The van der Waals surface area contributed by atoms with Crippen LogP contribution in [0.3, 0.4) is 0 Å². The van der Waals surface area contributed by atoms with Crippen LogP contribution in [-0.2, 0) is 14.4 Å². The minimum absolute atomic E-state index is 0.0922. The highest BCUT2D eigenvalue weighted by Gasteiger charge is 2.48. The molecular formula is C20H35NO3. The summed E-state index contributed by atoms with van der Waals surface area (Å²) in [6, 6.07) is 0. The van der Waals surface area contributed by atoms with Crippen LogP contribution >= 0.6 is 0 Å². The molecule has 0 amide bonds. The first kappa shape index (κ1) is 19.5. The van der Waals surface area contributed by atoms with E-state index in [1.54, 1.807) is 6.92 Å². The molecular weight excluding hydrogens is 302 g/mol. The average Bonchev–Trinajstić information content (AvgIpc) is 2.43. The molecule has 4 nitrogen and oxygen atoms in total. The normalized spacial score (nSPS) is 30.8. The monoisotopic (exact) mass is 337 g/mol. The summed E-state index contributed by atoms with van der Waals surface area (Å²) >= 11 is 0. The van der Waals surface area contributed by atoms with Crippen LogP contribution in [-0.4, -0.2) is 34.3 Å². The van der Waals surface area contributed by atoms with Crippen LogP contribution in [0, 0.1) is 5.92 Å². The van der Waals surface area contributed by atoms with Gasteiger partial charge in [-0.15, -0.1) is 0 Å². The SMILES string of the molecule is C=C(C)C(=O)OC1CC(C)(C)N(OC2CCC(C)CC2)C(C)(C)C1. The van der Waals surface area contributed by atoms with Crippen molar-refractivity contribution in [3.63, 3.8) is 0 Å². The molecule has 1 saturated carbocycles. The van der Waals surface area contributed by atoms with E-state index in [0.29, 0.717) is 11.7 Å². The van der Waals surface area contributed by atoms with Crippen molar-refractivity contribution in [2.75, 3.05) is 0 Å². The number of esters is 1. The van der Waals surface area contributed by atoms with E-state index >= 15 is 0 Å². The second-order valence-corrected chi connectivity index (χ2v) is 9.12. The summed E-state index contributed by atoms with van der Waals surface area (Å²) in [5.74, 6) is 0.528. The summed E-state index contributed by atoms with van der Waals surface area (Å²) in [5.41, 5.74) is 0.107. The summed E-state index contributed by atoms with van der Waals surface area (Å²) in [5, 5.41) is 2.19. The molecule has 138 valence electrons. The van der Waals surface area contributed by atoms with Gasteiger partial charge >= 0.3 is 5.97 Å². The summed E-state index contributed by atoms with van der Waals surface area (Å²) in [4.78, 5) is 18.4. The van der Waals surface area contributed by atoms with Gasteiger partial charge in [0.1, 0.15) is 6.10 Å². The Morgan fingerprint density at radius 1 is 1.00 bits per heavy atom. The maximum atomic E-state index is 11.9. The Labute approximate surface area is 147 Å². The molecule has 0 atom stereocenters. The zero-order valence-corrected chi connectivity index (χ0v) is 16.4. The third kappa shape index (κ3) is 4.60. The van der Waals surface area contributed by atoms with Crippen molar-refractivity contribution in [2.24, 2.45) is 5.92 Å². The zero-order valence-electron chi connectivity index (χ0n) is 16.4. The van der Waals surface area contributed by atoms with Gasteiger partial charge in [-0.2, -0.15) is 5.06 Å². The van der Waals surface area contributed by atoms with Gasteiger partial charge in [-0.05, 0) is 66.2 Å². The van der Waals surface area contributed by atoms with Gasteiger partial charge in [-0.25, -0.2) is 4.79 Å². The van der Waals surface area contributed by atoms with Crippen molar-refractivity contribution < 1.29 is 14.4 Å². The van der Waals surface area contributed by atoms with Gasteiger partial charge in [-0.3, -0.25) is 4.84 Å². The van der Waals surface area contributed by atoms with E-state index in [1.165, 1.54) is 12.8 Å². The third-order valence-corrected chi connectivity index (χ3v) is 5.39. The molecule has 0 N–H and O–H groups in total. The van der Waals surface area contributed by atoms with Crippen LogP contribution in [0.1, 0.15) is 80.1 Å². The summed E-state index contributed by atoms with van der Waals surface area (Å²) in [6.45, 7) is 16.4. The Kier molecular flexibility index (Phi) is 5.81. The molecule has 0 bridgehead atoms. The Bertz CT molecular complexity index is 457. The fourth-order valence-corrected chi connectivity index (χ4v) is 4.28. The predicted molar refractivity (Wildman–Crippen MR) is 96.4 cm³/mol. The molecule has 1 saturated heterocycles. The molecule has 2 aliphatic rings. The molecule has 0 aromatic rings. The van der Waals surface area contributed by atoms with Crippen LogP contribution in [0.2, 0.25) is 0 Å². The van der Waals surface area contributed by atoms with Crippen molar-refractivity contribution in [3.05, 3.63) is 12.2 Å². The van der Waals surface area contributed by atoms with Crippen molar-refractivity contribution in [1.82, 2.24) is 5.06 Å². The molecule has 0 radical (unpaired) electrons. The number of nitrogens with zero attached hydrogens (tertiary/aromatic N) is 1. The number of carbonyl (C=O) groups is 1. The molecule has 1 aliphatic carbocycles. The van der Waals surface area contributed by atoms with Crippen LogP contribution < -0.4 is 0 Å². The van der Waals surface area contributed by atoms with Gasteiger partial charge in [0.2, 0.25) is 0 Å². The highest BCUT2D eigenvalue weighted by Crippen LogP contribution is 2.41. The first-order valence-electron chi connectivity index (χ1n) is 9.35. The maximum Gasteiger partial charge on any atom is 0.333 e. The highest BCUT2D eigenvalue weighted by atomic mass is 16.7. The molecule has 1 heterocycles. The minimum atomic E-state index is -0.290. The van der Waals surface area contributed by atoms with E-state index in [1.807, 2.05) is 0 Å². The van der Waals surface area contributed by atoms with Gasteiger partial charge in [0.25, 0.3) is 0 Å². The van der Waals surface area contributed by atoms with Gasteiger partial charge in [0, 0.05) is 29.5 Å². The topological polar surface area (TPSA) is 38.8 Å². The lowest BCUT2D eigenvalue weighted by Crippen LogP contribution is -2.63. The first-order chi connectivity index (χ1) is 11.0. The Hall–Kier alpha value is -0.870. The number of carbonyl (C=O) groups excluding carboxylic acids is 1. The van der Waals surface area contributed by atoms with E-state index in [0.717, 1.165) is 31.6 Å². The Morgan fingerprint density at radius 3 is 1.96 bits per heavy atom. The third-order valence-electron chi connectivity index (χ3n) is 5.39. The van der Waals surface area contributed by atoms with E-state index in [4.69, 9.17) is 9.57 Å². The number of ether oxygens (including phenoxy) is 1. The highest BCUT2D eigenvalue weighted by molar-refractivity contribution is 5.87. The van der Waals surface area contributed by atoms with E-state index in [9.17, 15) is 4.79 Å². The van der Waals surface area contributed by atoms with E-state index < -0.39 is 0 Å². The van der Waals surface area contributed by atoms with E-state index in [2.05, 4.69) is 46.3 Å². The van der Waals surface area contributed by atoms with Crippen LogP contribution in [0.4, 0.5) is 0 Å². The quantitative estimate of drug-likeness (QED) is 0.553.